The van der Waals surface area contributed by atoms with Crippen LogP contribution in [0.25, 0.3) is 4.98 Å². The highest BCUT2D eigenvalue weighted by molar-refractivity contribution is 7.89. The van der Waals surface area contributed by atoms with Crippen molar-refractivity contribution < 1.29 is 23.1 Å². The maximum Gasteiger partial charge on any atom is 0.442 e. The number of rotatable bonds is 6. The fourth-order valence-electron chi connectivity index (χ4n) is 2.82. The molecule has 1 heterocycles. The molecule has 0 aromatic heterocycles. The average molecular weight is 415 g/mol. The van der Waals surface area contributed by atoms with Crippen LogP contribution in [-0.4, -0.2) is 37.7 Å². The second-order valence-corrected chi connectivity index (χ2v) is 8.07. The Bertz CT molecular complexity index is 1080. The van der Waals surface area contributed by atoms with Gasteiger partial charge in [0, 0.05) is 0 Å². The van der Waals surface area contributed by atoms with E-state index in [2.05, 4.69) is 9.70 Å². The van der Waals surface area contributed by atoms with Gasteiger partial charge in [-0.05, 0) is 24.6 Å². The van der Waals surface area contributed by atoms with E-state index in [1.54, 1.807) is 42.5 Å². The van der Waals surface area contributed by atoms with Gasteiger partial charge in [0.15, 0.2) is 11.0 Å². The summed E-state index contributed by atoms with van der Waals surface area (Å²) >= 11 is 0. The Morgan fingerprint density at radius 3 is 2.41 bits per heavy atom. The molecule has 0 spiro atoms. The molecule has 0 radical (unpaired) electrons. The molecule has 0 aliphatic carbocycles. The fourth-order valence-corrected chi connectivity index (χ4v) is 4.01. The number of hydrogen-bond acceptors (Lipinski definition) is 6. The lowest BCUT2D eigenvalue weighted by Gasteiger charge is -2.16. The molecule has 2 N–H and O–H groups in total. The molecule has 150 valence electrons. The molecule has 2 aromatic rings. The van der Waals surface area contributed by atoms with Crippen LogP contribution in [0.1, 0.15) is 17.2 Å². The van der Waals surface area contributed by atoms with Crippen LogP contribution in [-0.2, 0) is 14.8 Å². The van der Waals surface area contributed by atoms with E-state index in [-0.39, 0.29) is 18.0 Å². The minimum atomic E-state index is -4.05. The number of sulfonamides is 1. The van der Waals surface area contributed by atoms with Gasteiger partial charge in [-0.25, -0.2) is 18.1 Å². The molecule has 2 aromatic carbocycles. The number of cyclic esters (lactones) is 1. The molecule has 1 saturated heterocycles. The molecule has 1 atom stereocenters. The van der Waals surface area contributed by atoms with E-state index in [4.69, 9.17) is 4.74 Å². The van der Waals surface area contributed by atoms with Gasteiger partial charge >= 0.3 is 11.8 Å². The van der Waals surface area contributed by atoms with Crippen molar-refractivity contribution in [3.63, 3.8) is 0 Å². The minimum Gasteiger partial charge on any atom is -0.489 e. The Hall–Kier alpha value is -3.42. The zero-order valence-electron chi connectivity index (χ0n) is 15.5. The van der Waals surface area contributed by atoms with Gasteiger partial charge in [0.05, 0.1) is 11.4 Å². The lowest BCUT2D eigenvalue weighted by Crippen LogP contribution is -2.32. The molecule has 9 nitrogen and oxygen atoms in total. The lowest BCUT2D eigenvalue weighted by atomic mass is 10.1. The second kappa shape index (κ2) is 8.30. The van der Waals surface area contributed by atoms with Gasteiger partial charge in [-0.15, -0.1) is 0 Å². The number of hydrogen-bond donors (Lipinski definition) is 2. The molecule has 0 bridgehead atoms. The van der Waals surface area contributed by atoms with Gasteiger partial charge < -0.3 is 9.84 Å². The predicted octanol–water partition coefficient (Wildman–Crippen LogP) is 3.05. The van der Waals surface area contributed by atoms with Crippen molar-refractivity contribution in [3.05, 3.63) is 82.3 Å². The van der Waals surface area contributed by atoms with Gasteiger partial charge in [-0.2, -0.15) is 4.72 Å². The summed E-state index contributed by atoms with van der Waals surface area (Å²) < 4.78 is 33.0. The van der Waals surface area contributed by atoms with Gasteiger partial charge in [0.2, 0.25) is 15.4 Å². The minimum absolute atomic E-state index is 0.00129. The molecule has 1 aliphatic rings. The summed E-state index contributed by atoms with van der Waals surface area (Å²) in [6.07, 6.45) is -0.822. The third-order valence-corrected chi connectivity index (χ3v) is 5.80. The van der Waals surface area contributed by atoms with Crippen LogP contribution in [0.2, 0.25) is 0 Å². The molecule has 0 saturated carbocycles. The van der Waals surface area contributed by atoms with Crippen molar-refractivity contribution in [2.24, 2.45) is 0 Å². The molecule has 1 amide bonds. The number of aliphatic hydroxyl groups is 1. The average Bonchev–Trinajstić information content (AvgIpc) is 3.14. The SMILES string of the molecule is Cc1ccc(S(=O)(=O)NC(/C([N+]#N)=C(\O)N2CCOC2=O)c2ccccc2)cc1. The maximum atomic E-state index is 12.9. The highest BCUT2D eigenvalue weighted by atomic mass is 32.2. The first-order valence-corrected chi connectivity index (χ1v) is 10.2. The van der Waals surface area contributed by atoms with Crippen molar-refractivity contribution in [1.29, 1.82) is 5.39 Å². The quantitative estimate of drug-likeness (QED) is 0.552. The van der Waals surface area contributed by atoms with Crippen LogP contribution < -0.4 is 4.72 Å². The maximum absolute atomic E-state index is 12.9. The largest absolute Gasteiger partial charge is 0.489 e. The standard InChI is InChI=1S/C19H18N4O5S/c1-13-7-9-15(10-8-13)29(26,27)22-16(14-5-3-2-4-6-14)17(21-20)18(24)23-11-12-28-19(23)25/h2-10,16,22H,11-12H2,1H3/p+1/b18-17+. The molecular formula is C19H19N4O5S+. The Morgan fingerprint density at radius 2 is 1.86 bits per heavy atom. The smallest absolute Gasteiger partial charge is 0.442 e. The van der Waals surface area contributed by atoms with Crippen molar-refractivity contribution >= 4 is 16.1 Å². The van der Waals surface area contributed by atoms with Crippen molar-refractivity contribution in [2.45, 2.75) is 17.9 Å². The summed E-state index contributed by atoms with van der Waals surface area (Å²) in [5.74, 6) is -0.699. The zero-order valence-corrected chi connectivity index (χ0v) is 16.3. The Balaban J connectivity index is 2.07. The lowest BCUT2D eigenvalue weighted by molar-refractivity contribution is 0.150. The van der Waals surface area contributed by atoms with E-state index >= 15 is 0 Å². The van der Waals surface area contributed by atoms with Crippen LogP contribution in [0.4, 0.5) is 4.79 Å². The number of benzene rings is 2. The topological polar surface area (TPSA) is 124 Å². The molecular weight excluding hydrogens is 396 g/mol. The fraction of sp³-hybridized carbons (Fsp3) is 0.211. The normalized spacial score (nSPS) is 16.0. The van der Waals surface area contributed by atoms with Crippen LogP contribution in [0, 0.1) is 12.3 Å². The van der Waals surface area contributed by atoms with E-state index in [1.165, 1.54) is 12.1 Å². The van der Waals surface area contributed by atoms with Crippen LogP contribution in [0.3, 0.4) is 0 Å². The highest BCUT2D eigenvalue weighted by Crippen LogP contribution is 2.29. The monoisotopic (exact) mass is 415 g/mol. The molecule has 1 unspecified atom stereocenters. The van der Waals surface area contributed by atoms with Crippen molar-refractivity contribution in [2.75, 3.05) is 13.2 Å². The Morgan fingerprint density at radius 1 is 1.21 bits per heavy atom. The first-order valence-electron chi connectivity index (χ1n) is 8.70. The van der Waals surface area contributed by atoms with E-state index in [0.29, 0.717) is 5.56 Å². The third kappa shape index (κ3) is 4.37. The van der Waals surface area contributed by atoms with Gasteiger partial charge in [0.1, 0.15) is 6.61 Å². The molecule has 3 rings (SSSR count). The van der Waals surface area contributed by atoms with E-state index in [9.17, 15) is 23.7 Å². The van der Waals surface area contributed by atoms with E-state index < -0.39 is 33.7 Å². The molecule has 1 fully saturated rings. The summed E-state index contributed by atoms with van der Waals surface area (Å²) in [6.45, 7) is 1.91. The first-order chi connectivity index (χ1) is 13.8. The molecule has 1 aliphatic heterocycles. The van der Waals surface area contributed by atoms with Gasteiger partial charge in [-0.3, -0.25) is 0 Å². The van der Waals surface area contributed by atoms with E-state index in [1.807, 2.05) is 6.92 Å². The molecule has 29 heavy (non-hydrogen) atoms. The van der Waals surface area contributed by atoms with Crippen LogP contribution >= 0.6 is 0 Å². The van der Waals surface area contributed by atoms with E-state index in [0.717, 1.165) is 10.5 Å². The number of diazo groups is 1. The second-order valence-electron chi connectivity index (χ2n) is 6.35. The summed E-state index contributed by atoms with van der Waals surface area (Å²) in [6, 6.07) is 13.2. The summed E-state index contributed by atoms with van der Waals surface area (Å²) in [5.41, 5.74) is 0.848. The molecule has 10 heteroatoms. The number of aliphatic hydroxyl groups excluding tert-OH is 1. The summed E-state index contributed by atoms with van der Waals surface area (Å²) in [7, 11) is -4.05. The highest BCUT2D eigenvalue weighted by Gasteiger charge is 2.41. The number of nitrogens with one attached hydrogen (secondary N) is 1. The van der Waals surface area contributed by atoms with Gasteiger partial charge in [-0.1, -0.05) is 48.0 Å². The van der Waals surface area contributed by atoms with Crippen LogP contribution in [0.15, 0.2) is 71.1 Å². The zero-order chi connectivity index (χ0) is 21.0. The Labute approximate surface area is 167 Å². The number of nitrogens with zero attached hydrogens (tertiary/aromatic N) is 3. The number of amides is 1. The summed E-state index contributed by atoms with van der Waals surface area (Å²) in [5, 5.41) is 20.1. The van der Waals surface area contributed by atoms with Gasteiger partial charge in [0.25, 0.3) is 5.88 Å². The first kappa shape index (κ1) is 20.3. The number of ether oxygens (including phenoxy) is 1. The third-order valence-electron chi connectivity index (χ3n) is 4.36. The number of carbonyl (C=O) groups excluding carboxylic acids is 1. The number of carbonyl (C=O) groups is 1. The number of aryl methyl sites for hydroxylation is 1. The van der Waals surface area contributed by atoms with Crippen molar-refractivity contribution in [1.82, 2.24) is 9.62 Å². The Kier molecular flexibility index (Phi) is 5.81. The van der Waals surface area contributed by atoms with Crippen molar-refractivity contribution in [3.8, 4) is 0 Å². The predicted molar refractivity (Wildman–Crippen MR) is 103 cm³/mol. The van der Waals surface area contributed by atoms with Crippen LogP contribution in [0.5, 0.6) is 0 Å². The summed E-state index contributed by atoms with van der Waals surface area (Å²) in [4.78, 5) is 15.7.